The van der Waals surface area contributed by atoms with Crippen LogP contribution in [0.2, 0.25) is 0 Å². The van der Waals surface area contributed by atoms with Crippen molar-refractivity contribution in [2.45, 2.75) is 13.5 Å². The minimum absolute atomic E-state index is 0.202. The average molecular weight is 331 g/mol. The van der Waals surface area contributed by atoms with Gasteiger partial charge in [0.05, 0.1) is 11.9 Å². The number of rotatable bonds is 5. The lowest BCUT2D eigenvalue weighted by atomic mass is 10.2. The van der Waals surface area contributed by atoms with Crippen molar-refractivity contribution in [2.75, 3.05) is 17.3 Å². The summed E-state index contributed by atoms with van der Waals surface area (Å²) in [7, 11) is 2.01. The van der Waals surface area contributed by atoms with Crippen LogP contribution < -0.4 is 10.2 Å². The third kappa shape index (κ3) is 4.23. The summed E-state index contributed by atoms with van der Waals surface area (Å²) in [5.41, 5.74) is 4.43. The van der Waals surface area contributed by atoms with E-state index in [0.717, 1.165) is 23.5 Å². The van der Waals surface area contributed by atoms with Crippen molar-refractivity contribution in [3.05, 3.63) is 89.7 Å². The van der Waals surface area contributed by atoms with Gasteiger partial charge in [0.15, 0.2) is 0 Å². The van der Waals surface area contributed by atoms with Crippen molar-refractivity contribution in [3.8, 4) is 0 Å². The van der Waals surface area contributed by atoms with Crippen LogP contribution in [0.3, 0.4) is 0 Å². The molecular weight excluding hydrogens is 310 g/mol. The van der Waals surface area contributed by atoms with Crippen LogP contribution in [0.4, 0.5) is 11.4 Å². The van der Waals surface area contributed by atoms with Crippen LogP contribution in [0.1, 0.15) is 21.6 Å². The Morgan fingerprint density at radius 1 is 1.00 bits per heavy atom. The van der Waals surface area contributed by atoms with E-state index in [1.807, 2.05) is 62.5 Å². The molecule has 0 aliphatic carbocycles. The largest absolute Gasteiger partial charge is 0.369 e. The molecule has 1 heterocycles. The van der Waals surface area contributed by atoms with E-state index < -0.39 is 0 Å². The lowest BCUT2D eigenvalue weighted by molar-refractivity contribution is 0.102. The molecule has 0 saturated heterocycles. The monoisotopic (exact) mass is 331 g/mol. The molecule has 0 fully saturated rings. The summed E-state index contributed by atoms with van der Waals surface area (Å²) < 4.78 is 0. The second-order valence-corrected chi connectivity index (χ2v) is 6.01. The molecule has 0 bridgehead atoms. The van der Waals surface area contributed by atoms with Crippen LogP contribution in [-0.4, -0.2) is 17.9 Å². The van der Waals surface area contributed by atoms with Gasteiger partial charge in [-0.1, -0.05) is 48.5 Å². The van der Waals surface area contributed by atoms with Gasteiger partial charge in [-0.2, -0.15) is 0 Å². The van der Waals surface area contributed by atoms with Crippen LogP contribution in [0.15, 0.2) is 72.9 Å². The zero-order valence-electron chi connectivity index (χ0n) is 14.4. The summed E-state index contributed by atoms with van der Waals surface area (Å²) in [5.74, 6) is -0.202. The first-order valence-electron chi connectivity index (χ1n) is 8.21. The predicted molar refractivity (Wildman–Crippen MR) is 102 cm³/mol. The molecule has 0 unspecified atom stereocenters. The van der Waals surface area contributed by atoms with E-state index >= 15 is 0 Å². The Kier molecular flexibility index (Phi) is 5.09. The molecule has 4 nitrogen and oxygen atoms in total. The van der Waals surface area contributed by atoms with E-state index in [0.29, 0.717) is 5.69 Å². The number of aromatic nitrogens is 1. The third-order valence-corrected chi connectivity index (χ3v) is 4.08. The van der Waals surface area contributed by atoms with Gasteiger partial charge in [0, 0.05) is 19.3 Å². The second-order valence-electron chi connectivity index (χ2n) is 6.01. The molecule has 0 aliphatic rings. The van der Waals surface area contributed by atoms with E-state index in [1.54, 1.807) is 12.3 Å². The Labute approximate surface area is 148 Å². The summed E-state index contributed by atoms with van der Waals surface area (Å²) >= 11 is 0. The SMILES string of the molecule is Cc1ccccc1NC(=O)c1ccc(N(C)Cc2ccccc2)cn1. The van der Waals surface area contributed by atoms with Crippen LogP contribution in [-0.2, 0) is 6.54 Å². The summed E-state index contributed by atoms with van der Waals surface area (Å²) in [6, 6.07) is 21.6. The van der Waals surface area contributed by atoms with Crippen molar-refractivity contribution in [2.24, 2.45) is 0 Å². The normalized spacial score (nSPS) is 10.3. The molecule has 3 rings (SSSR count). The summed E-state index contributed by atoms with van der Waals surface area (Å²) in [4.78, 5) is 18.8. The minimum Gasteiger partial charge on any atom is -0.369 e. The van der Waals surface area contributed by atoms with Crippen molar-refractivity contribution >= 4 is 17.3 Å². The van der Waals surface area contributed by atoms with Gasteiger partial charge >= 0.3 is 0 Å². The maximum Gasteiger partial charge on any atom is 0.274 e. The predicted octanol–water partition coefficient (Wildman–Crippen LogP) is 4.28. The molecule has 0 radical (unpaired) electrons. The third-order valence-electron chi connectivity index (χ3n) is 4.08. The number of nitrogens with one attached hydrogen (secondary N) is 1. The van der Waals surface area contributed by atoms with E-state index in [1.165, 1.54) is 5.56 Å². The van der Waals surface area contributed by atoms with Crippen LogP contribution in [0.5, 0.6) is 0 Å². The smallest absolute Gasteiger partial charge is 0.274 e. The van der Waals surface area contributed by atoms with E-state index in [2.05, 4.69) is 27.3 Å². The number of benzene rings is 2. The van der Waals surface area contributed by atoms with Gasteiger partial charge in [-0.25, -0.2) is 4.98 Å². The number of carbonyl (C=O) groups is 1. The van der Waals surface area contributed by atoms with Gasteiger partial charge in [-0.05, 0) is 36.2 Å². The minimum atomic E-state index is -0.202. The molecule has 0 atom stereocenters. The molecule has 1 aromatic heterocycles. The highest BCUT2D eigenvalue weighted by Gasteiger charge is 2.10. The fourth-order valence-electron chi connectivity index (χ4n) is 2.59. The van der Waals surface area contributed by atoms with Crippen molar-refractivity contribution in [1.82, 2.24) is 4.98 Å². The number of aryl methyl sites for hydroxylation is 1. The molecular formula is C21H21N3O. The molecule has 1 amide bonds. The highest BCUT2D eigenvalue weighted by molar-refractivity contribution is 6.03. The second kappa shape index (κ2) is 7.62. The van der Waals surface area contributed by atoms with Gasteiger partial charge in [-0.3, -0.25) is 4.79 Å². The first-order valence-corrected chi connectivity index (χ1v) is 8.21. The highest BCUT2D eigenvalue weighted by atomic mass is 16.1. The zero-order chi connectivity index (χ0) is 17.6. The van der Waals surface area contributed by atoms with Crippen LogP contribution in [0, 0.1) is 6.92 Å². The fourth-order valence-corrected chi connectivity index (χ4v) is 2.59. The number of anilines is 2. The summed E-state index contributed by atoms with van der Waals surface area (Å²) in [5, 5.41) is 2.90. The summed E-state index contributed by atoms with van der Waals surface area (Å²) in [6.07, 6.45) is 1.73. The molecule has 0 aliphatic heterocycles. The molecule has 3 aromatic rings. The first kappa shape index (κ1) is 16.7. The number of hydrogen-bond donors (Lipinski definition) is 1. The Hall–Kier alpha value is -3.14. The number of amides is 1. The highest BCUT2D eigenvalue weighted by Crippen LogP contribution is 2.17. The number of hydrogen-bond acceptors (Lipinski definition) is 3. The standard InChI is InChI=1S/C21H21N3O/c1-16-8-6-7-11-19(16)23-21(25)20-13-12-18(14-22-20)24(2)15-17-9-4-3-5-10-17/h3-14H,15H2,1-2H3,(H,23,25). The lowest BCUT2D eigenvalue weighted by Crippen LogP contribution is -2.18. The molecule has 4 heteroatoms. The average Bonchev–Trinajstić information content (AvgIpc) is 2.64. The number of para-hydroxylation sites is 1. The fraction of sp³-hybridized carbons (Fsp3) is 0.143. The lowest BCUT2D eigenvalue weighted by Gasteiger charge is -2.19. The van der Waals surface area contributed by atoms with Gasteiger partial charge in [0.2, 0.25) is 0 Å². The number of carbonyl (C=O) groups excluding carboxylic acids is 1. The first-order chi connectivity index (χ1) is 12.1. The van der Waals surface area contributed by atoms with Gasteiger partial charge < -0.3 is 10.2 Å². The van der Waals surface area contributed by atoms with E-state index in [-0.39, 0.29) is 5.91 Å². The number of pyridine rings is 1. The van der Waals surface area contributed by atoms with E-state index in [9.17, 15) is 4.79 Å². The molecule has 2 aromatic carbocycles. The maximum absolute atomic E-state index is 12.4. The molecule has 126 valence electrons. The van der Waals surface area contributed by atoms with Crippen molar-refractivity contribution in [3.63, 3.8) is 0 Å². The topological polar surface area (TPSA) is 45.2 Å². The van der Waals surface area contributed by atoms with Gasteiger partial charge in [0.25, 0.3) is 5.91 Å². The van der Waals surface area contributed by atoms with Gasteiger partial charge in [0.1, 0.15) is 5.69 Å². The molecule has 0 saturated carbocycles. The van der Waals surface area contributed by atoms with E-state index in [4.69, 9.17) is 0 Å². The molecule has 1 N–H and O–H groups in total. The maximum atomic E-state index is 12.4. The molecule has 25 heavy (non-hydrogen) atoms. The quantitative estimate of drug-likeness (QED) is 0.759. The van der Waals surface area contributed by atoms with Crippen LogP contribution in [0.25, 0.3) is 0 Å². The van der Waals surface area contributed by atoms with Crippen molar-refractivity contribution in [1.29, 1.82) is 0 Å². The van der Waals surface area contributed by atoms with Crippen molar-refractivity contribution < 1.29 is 4.79 Å². The Bertz CT molecular complexity index is 845. The summed E-state index contributed by atoms with van der Waals surface area (Å²) in [6.45, 7) is 2.75. The Morgan fingerprint density at radius 2 is 1.72 bits per heavy atom. The Balaban J connectivity index is 1.67. The number of nitrogens with zero attached hydrogens (tertiary/aromatic N) is 2. The molecule has 0 spiro atoms. The van der Waals surface area contributed by atoms with Crippen LogP contribution >= 0.6 is 0 Å². The Morgan fingerprint density at radius 3 is 2.40 bits per heavy atom. The van der Waals surface area contributed by atoms with Gasteiger partial charge in [-0.15, -0.1) is 0 Å². The zero-order valence-corrected chi connectivity index (χ0v) is 14.4.